The van der Waals surface area contributed by atoms with Gasteiger partial charge in [0.05, 0.1) is 25.7 Å². The van der Waals surface area contributed by atoms with Crippen LogP contribution in [0.2, 0.25) is 0 Å². The summed E-state index contributed by atoms with van der Waals surface area (Å²) in [5.74, 6) is 0.520. The molecule has 0 bridgehead atoms. The van der Waals surface area contributed by atoms with Crippen LogP contribution in [0.1, 0.15) is 5.56 Å². The van der Waals surface area contributed by atoms with E-state index in [-0.39, 0.29) is 17.9 Å². The van der Waals surface area contributed by atoms with Crippen molar-refractivity contribution in [1.82, 2.24) is 5.32 Å². The van der Waals surface area contributed by atoms with Gasteiger partial charge in [0.1, 0.15) is 12.4 Å². The minimum atomic E-state index is -0.237. The van der Waals surface area contributed by atoms with Crippen molar-refractivity contribution < 1.29 is 14.3 Å². The van der Waals surface area contributed by atoms with Crippen LogP contribution in [0.3, 0.4) is 0 Å². The van der Waals surface area contributed by atoms with Crippen molar-refractivity contribution in [2.45, 2.75) is 13.0 Å². The molecule has 1 aliphatic rings. The molecule has 5 nitrogen and oxygen atoms in total. The number of carbonyl (C=O) groups is 1. The Morgan fingerprint density at radius 3 is 3.05 bits per heavy atom. The number of ether oxygens (including phenoxy) is 2. The minimum Gasteiger partial charge on any atom is -0.492 e. The van der Waals surface area contributed by atoms with Gasteiger partial charge in [0, 0.05) is 6.04 Å². The Labute approximate surface area is 113 Å². The van der Waals surface area contributed by atoms with E-state index in [0.717, 1.165) is 11.3 Å². The molecule has 2 rings (SSSR count). The summed E-state index contributed by atoms with van der Waals surface area (Å²) < 4.78 is 10.7. The van der Waals surface area contributed by atoms with Gasteiger partial charge in [0.15, 0.2) is 0 Å². The first kappa shape index (κ1) is 13.8. The molecule has 2 unspecified atom stereocenters. The molecule has 0 radical (unpaired) electrons. The average Bonchev–Trinajstić information content (AvgIpc) is 2.81. The summed E-state index contributed by atoms with van der Waals surface area (Å²) in [6.07, 6.45) is 0. The third-order valence-corrected chi connectivity index (χ3v) is 3.12. The summed E-state index contributed by atoms with van der Waals surface area (Å²) >= 11 is 0. The molecule has 1 fully saturated rings. The van der Waals surface area contributed by atoms with E-state index in [1.165, 1.54) is 0 Å². The highest BCUT2D eigenvalue weighted by molar-refractivity contribution is 5.79. The van der Waals surface area contributed by atoms with Gasteiger partial charge < -0.3 is 20.5 Å². The van der Waals surface area contributed by atoms with Crippen LogP contribution in [0.5, 0.6) is 5.75 Å². The summed E-state index contributed by atoms with van der Waals surface area (Å²) in [4.78, 5) is 11.8. The van der Waals surface area contributed by atoms with Crippen molar-refractivity contribution >= 4 is 5.91 Å². The Hall–Kier alpha value is -1.59. The van der Waals surface area contributed by atoms with E-state index in [9.17, 15) is 4.79 Å². The van der Waals surface area contributed by atoms with Crippen molar-refractivity contribution in [3.8, 4) is 5.75 Å². The van der Waals surface area contributed by atoms with Gasteiger partial charge in [0.2, 0.25) is 5.91 Å². The molecule has 5 heteroatoms. The van der Waals surface area contributed by atoms with E-state index in [2.05, 4.69) is 5.32 Å². The predicted octanol–water partition coefficient (Wildman–Crippen LogP) is 0.464. The zero-order chi connectivity index (χ0) is 13.7. The number of nitrogens with two attached hydrogens (primary N) is 1. The second-order valence-corrected chi connectivity index (χ2v) is 4.76. The van der Waals surface area contributed by atoms with E-state index in [0.29, 0.717) is 26.4 Å². The first-order chi connectivity index (χ1) is 9.16. The van der Waals surface area contributed by atoms with E-state index >= 15 is 0 Å². The maximum atomic E-state index is 11.8. The highest BCUT2D eigenvalue weighted by Gasteiger charge is 2.30. The molecule has 1 aromatic rings. The first-order valence-electron chi connectivity index (χ1n) is 6.47. The fourth-order valence-corrected chi connectivity index (χ4v) is 2.02. The van der Waals surface area contributed by atoms with Gasteiger partial charge in [0.25, 0.3) is 0 Å². The lowest BCUT2D eigenvalue weighted by Crippen LogP contribution is -2.42. The molecular weight excluding hydrogens is 244 g/mol. The molecule has 19 heavy (non-hydrogen) atoms. The van der Waals surface area contributed by atoms with E-state index in [1.807, 2.05) is 31.2 Å². The molecular formula is C14H20N2O3. The quantitative estimate of drug-likeness (QED) is 0.758. The van der Waals surface area contributed by atoms with Crippen LogP contribution in [-0.4, -0.2) is 38.3 Å². The monoisotopic (exact) mass is 264 g/mol. The van der Waals surface area contributed by atoms with Crippen LogP contribution in [0.4, 0.5) is 0 Å². The molecule has 2 atom stereocenters. The maximum absolute atomic E-state index is 11.8. The summed E-state index contributed by atoms with van der Waals surface area (Å²) in [6, 6.07) is 7.62. The Balaban J connectivity index is 1.68. The lowest BCUT2D eigenvalue weighted by Gasteiger charge is -2.13. The van der Waals surface area contributed by atoms with Crippen molar-refractivity contribution in [3.05, 3.63) is 29.8 Å². The number of hydrogen-bond donors (Lipinski definition) is 2. The molecule has 3 N–H and O–H groups in total. The number of amides is 1. The second kappa shape index (κ2) is 6.54. The summed E-state index contributed by atoms with van der Waals surface area (Å²) in [6.45, 7) is 3.79. The van der Waals surface area contributed by atoms with Crippen LogP contribution in [0.25, 0.3) is 0 Å². The molecule has 0 aliphatic carbocycles. The highest BCUT2D eigenvalue weighted by atomic mass is 16.5. The SMILES string of the molecule is Cc1cccc(OCCNC(=O)C2COCC2N)c1. The topological polar surface area (TPSA) is 73.6 Å². The third kappa shape index (κ3) is 3.94. The molecule has 0 aromatic heterocycles. The van der Waals surface area contributed by atoms with E-state index < -0.39 is 0 Å². The van der Waals surface area contributed by atoms with Crippen molar-refractivity contribution in [2.24, 2.45) is 11.7 Å². The van der Waals surface area contributed by atoms with Crippen LogP contribution in [0, 0.1) is 12.8 Å². The molecule has 1 saturated heterocycles. The molecule has 1 aromatic carbocycles. The van der Waals surface area contributed by atoms with Crippen LogP contribution >= 0.6 is 0 Å². The van der Waals surface area contributed by atoms with Crippen LogP contribution in [0.15, 0.2) is 24.3 Å². The van der Waals surface area contributed by atoms with Gasteiger partial charge in [-0.3, -0.25) is 4.79 Å². The smallest absolute Gasteiger partial charge is 0.227 e. The molecule has 1 heterocycles. The Morgan fingerprint density at radius 2 is 2.37 bits per heavy atom. The summed E-state index contributed by atoms with van der Waals surface area (Å²) in [5, 5.41) is 2.82. The molecule has 0 saturated carbocycles. The second-order valence-electron chi connectivity index (χ2n) is 4.76. The van der Waals surface area contributed by atoms with E-state index in [4.69, 9.17) is 15.2 Å². The van der Waals surface area contributed by atoms with Gasteiger partial charge in [-0.25, -0.2) is 0 Å². The number of nitrogens with one attached hydrogen (secondary N) is 1. The predicted molar refractivity (Wildman–Crippen MR) is 72.0 cm³/mol. The Kier molecular flexibility index (Phi) is 4.76. The standard InChI is InChI=1S/C14H20N2O3/c1-10-3-2-4-11(7-10)19-6-5-16-14(17)12-8-18-9-13(12)15/h2-4,7,12-13H,5-6,8-9,15H2,1H3,(H,16,17). The molecule has 104 valence electrons. The average molecular weight is 264 g/mol. The van der Waals surface area contributed by atoms with Crippen molar-refractivity contribution in [1.29, 1.82) is 0 Å². The lowest BCUT2D eigenvalue weighted by atomic mass is 10.0. The summed E-state index contributed by atoms with van der Waals surface area (Å²) in [7, 11) is 0. The normalized spacial score (nSPS) is 22.2. The first-order valence-corrected chi connectivity index (χ1v) is 6.47. The van der Waals surface area contributed by atoms with Crippen LogP contribution < -0.4 is 15.8 Å². The fraction of sp³-hybridized carbons (Fsp3) is 0.500. The van der Waals surface area contributed by atoms with Gasteiger partial charge in [-0.05, 0) is 24.6 Å². The van der Waals surface area contributed by atoms with E-state index in [1.54, 1.807) is 0 Å². The third-order valence-electron chi connectivity index (χ3n) is 3.12. The molecule has 1 aliphatic heterocycles. The minimum absolute atomic E-state index is 0.0576. The fourth-order valence-electron chi connectivity index (χ4n) is 2.02. The Morgan fingerprint density at radius 1 is 1.53 bits per heavy atom. The van der Waals surface area contributed by atoms with Gasteiger partial charge in [-0.2, -0.15) is 0 Å². The summed E-state index contributed by atoms with van der Waals surface area (Å²) in [5.41, 5.74) is 6.92. The number of rotatable bonds is 5. The van der Waals surface area contributed by atoms with Gasteiger partial charge in [-0.1, -0.05) is 12.1 Å². The molecule has 1 amide bonds. The lowest BCUT2D eigenvalue weighted by molar-refractivity contribution is -0.125. The number of hydrogen-bond acceptors (Lipinski definition) is 4. The zero-order valence-corrected chi connectivity index (χ0v) is 11.1. The largest absolute Gasteiger partial charge is 0.492 e. The number of carbonyl (C=O) groups excluding carboxylic acids is 1. The number of aryl methyl sites for hydroxylation is 1. The van der Waals surface area contributed by atoms with Crippen LogP contribution in [-0.2, 0) is 9.53 Å². The zero-order valence-electron chi connectivity index (χ0n) is 11.1. The van der Waals surface area contributed by atoms with Gasteiger partial charge >= 0.3 is 0 Å². The molecule has 0 spiro atoms. The highest BCUT2D eigenvalue weighted by Crippen LogP contribution is 2.12. The van der Waals surface area contributed by atoms with Crippen molar-refractivity contribution in [2.75, 3.05) is 26.4 Å². The number of benzene rings is 1. The van der Waals surface area contributed by atoms with Gasteiger partial charge in [-0.15, -0.1) is 0 Å². The van der Waals surface area contributed by atoms with Crippen molar-refractivity contribution in [3.63, 3.8) is 0 Å². The maximum Gasteiger partial charge on any atom is 0.227 e. The Bertz CT molecular complexity index is 436.